The molecule has 0 unspecified atom stereocenters. The van der Waals surface area contributed by atoms with Crippen LogP contribution >= 0.6 is 0 Å². The molecule has 2 saturated heterocycles. The minimum atomic E-state index is -5.09. The summed E-state index contributed by atoms with van der Waals surface area (Å²) in [6.45, 7) is 0.862. The maximum atomic E-state index is 13.8. The molecular weight excluding hydrogens is 512 g/mol. The molecule has 2 fully saturated rings. The molecule has 3 aliphatic heterocycles. The number of hydrogen-bond donors (Lipinski definition) is 0. The SMILES string of the molecule is CCc1cc(OC(F)(F)F)cc2c1O[C@H](C(F)(F)F)C(C(=O)O[C@H]1CO[C@H]3[C@@H]1OC[C@H]3O[N+](=O)[O-])=C2. The number of carbonyl (C=O) groups is 1. The van der Waals surface area contributed by atoms with Crippen LogP contribution in [0, 0.1) is 10.1 Å². The van der Waals surface area contributed by atoms with Crippen molar-refractivity contribution >= 4 is 12.0 Å². The molecule has 198 valence electrons. The lowest BCUT2D eigenvalue weighted by molar-refractivity contribution is -0.769. The number of benzene rings is 1. The molecule has 16 heteroatoms. The molecule has 0 aromatic heterocycles. The molecule has 1 aromatic rings. The first-order valence-corrected chi connectivity index (χ1v) is 10.4. The summed E-state index contributed by atoms with van der Waals surface area (Å²) in [4.78, 5) is 27.8. The van der Waals surface area contributed by atoms with Crippen molar-refractivity contribution in [3.05, 3.63) is 38.9 Å². The van der Waals surface area contributed by atoms with Gasteiger partial charge < -0.3 is 28.5 Å². The Morgan fingerprint density at radius 3 is 2.33 bits per heavy atom. The monoisotopic (exact) mass is 529 g/mol. The van der Waals surface area contributed by atoms with Gasteiger partial charge in [-0.25, -0.2) is 4.79 Å². The smallest absolute Gasteiger partial charge is 0.475 e. The molecular formula is C20H17F6NO9. The summed E-state index contributed by atoms with van der Waals surface area (Å²) in [6.07, 6.45) is -16.6. The van der Waals surface area contributed by atoms with E-state index in [1.54, 1.807) is 0 Å². The van der Waals surface area contributed by atoms with Crippen molar-refractivity contribution in [3.8, 4) is 11.5 Å². The minimum Gasteiger partial charge on any atom is -0.475 e. The van der Waals surface area contributed by atoms with Crippen LogP contribution in [-0.4, -0.2) is 67.3 Å². The zero-order chi connectivity index (χ0) is 26.4. The Bertz CT molecular complexity index is 1070. The van der Waals surface area contributed by atoms with Crippen molar-refractivity contribution in [1.29, 1.82) is 0 Å². The lowest BCUT2D eigenvalue weighted by atomic mass is 9.97. The quantitative estimate of drug-likeness (QED) is 0.237. The fourth-order valence-corrected chi connectivity index (χ4v) is 4.16. The van der Waals surface area contributed by atoms with Gasteiger partial charge in [0.15, 0.2) is 12.2 Å². The van der Waals surface area contributed by atoms with Crippen molar-refractivity contribution < 1.29 is 64.7 Å². The number of esters is 1. The largest absolute Gasteiger partial charge is 0.573 e. The second-order valence-electron chi connectivity index (χ2n) is 7.95. The third-order valence-electron chi connectivity index (χ3n) is 5.59. The van der Waals surface area contributed by atoms with Gasteiger partial charge in [-0.2, -0.15) is 13.2 Å². The van der Waals surface area contributed by atoms with Gasteiger partial charge >= 0.3 is 18.5 Å². The van der Waals surface area contributed by atoms with Crippen molar-refractivity contribution in [2.45, 2.75) is 56.4 Å². The van der Waals surface area contributed by atoms with E-state index in [1.807, 2.05) is 0 Å². The second kappa shape index (κ2) is 9.31. The van der Waals surface area contributed by atoms with Gasteiger partial charge in [0.1, 0.15) is 23.7 Å². The Morgan fingerprint density at radius 1 is 1.11 bits per heavy atom. The molecule has 0 bridgehead atoms. The summed E-state index contributed by atoms with van der Waals surface area (Å²) in [5.74, 6) is -2.55. The van der Waals surface area contributed by atoms with Gasteiger partial charge in [-0.1, -0.05) is 6.92 Å². The van der Waals surface area contributed by atoms with Crippen LogP contribution in [0.3, 0.4) is 0 Å². The summed E-state index contributed by atoms with van der Waals surface area (Å²) in [5.41, 5.74) is -1.29. The number of ether oxygens (including phenoxy) is 5. The third kappa shape index (κ3) is 5.28. The number of aryl methyl sites for hydroxylation is 1. The van der Waals surface area contributed by atoms with Crippen LogP contribution in [0.5, 0.6) is 11.5 Å². The average Bonchev–Trinajstić information content (AvgIpc) is 3.33. The van der Waals surface area contributed by atoms with Crippen LogP contribution in [0.2, 0.25) is 0 Å². The predicted octanol–water partition coefficient (Wildman–Crippen LogP) is 3.14. The van der Waals surface area contributed by atoms with E-state index < -0.39 is 65.4 Å². The average molecular weight is 529 g/mol. The Labute approximate surface area is 197 Å². The number of halogens is 6. The molecule has 5 atom stereocenters. The number of rotatable bonds is 6. The molecule has 36 heavy (non-hydrogen) atoms. The Balaban J connectivity index is 1.61. The Kier molecular flexibility index (Phi) is 6.68. The predicted molar refractivity (Wildman–Crippen MR) is 102 cm³/mol. The molecule has 0 N–H and O–H groups in total. The van der Waals surface area contributed by atoms with Gasteiger partial charge in [0.2, 0.25) is 6.10 Å². The van der Waals surface area contributed by atoms with E-state index in [-0.39, 0.29) is 36.5 Å². The molecule has 3 aliphatic rings. The fraction of sp³-hybridized carbons (Fsp3) is 0.550. The maximum Gasteiger partial charge on any atom is 0.573 e. The highest BCUT2D eigenvalue weighted by atomic mass is 19.4. The van der Waals surface area contributed by atoms with Crippen LogP contribution in [-0.2, 0) is 30.3 Å². The van der Waals surface area contributed by atoms with E-state index in [1.165, 1.54) is 6.92 Å². The van der Waals surface area contributed by atoms with Gasteiger partial charge in [0, 0.05) is 5.56 Å². The number of alkyl halides is 6. The van der Waals surface area contributed by atoms with E-state index >= 15 is 0 Å². The van der Waals surface area contributed by atoms with Crippen LogP contribution in [0.4, 0.5) is 26.3 Å². The lowest BCUT2D eigenvalue weighted by Gasteiger charge is -2.30. The van der Waals surface area contributed by atoms with Crippen LogP contribution < -0.4 is 9.47 Å². The lowest BCUT2D eigenvalue weighted by Crippen LogP contribution is -2.43. The van der Waals surface area contributed by atoms with Gasteiger partial charge in [0.05, 0.1) is 18.8 Å². The van der Waals surface area contributed by atoms with E-state index in [0.717, 1.165) is 18.2 Å². The third-order valence-corrected chi connectivity index (χ3v) is 5.59. The topological polar surface area (TPSA) is 116 Å². The highest BCUT2D eigenvalue weighted by molar-refractivity contribution is 5.96. The maximum absolute atomic E-state index is 13.8. The highest BCUT2D eigenvalue weighted by Crippen LogP contribution is 2.42. The minimum absolute atomic E-state index is 0.00277. The molecule has 0 amide bonds. The zero-order valence-corrected chi connectivity index (χ0v) is 18.1. The van der Waals surface area contributed by atoms with Crippen molar-refractivity contribution in [3.63, 3.8) is 0 Å². The number of fused-ring (bicyclic) bond motifs is 2. The first-order chi connectivity index (χ1) is 16.8. The highest BCUT2D eigenvalue weighted by Gasteiger charge is 2.53. The molecule has 10 nitrogen and oxygen atoms in total. The Hall–Kier alpha value is -3.27. The molecule has 3 heterocycles. The van der Waals surface area contributed by atoms with Crippen molar-refractivity contribution in [2.24, 2.45) is 0 Å². The van der Waals surface area contributed by atoms with Gasteiger partial charge in [0.25, 0.3) is 5.09 Å². The first-order valence-electron chi connectivity index (χ1n) is 10.4. The summed E-state index contributed by atoms with van der Waals surface area (Å²) in [5, 5.41) is 9.51. The fourth-order valence-electron chi connectivity index (χ4n) is 4.16. The van der Waals surface area contributed by atoms with Crippen molar-refractivity contribution in [2.75, 3.05) is 13.2 Å². The summed E-state index contributed by atoms with van der Waals surface area (Å²) in [7, 11) is 0. The van der Waals surface area contributed by atoms with Gasteiger partial charge in [-0.3, -0.25) is 0 Å². The zero-order valence-electron chi connectivity index (χ0n) is 18.1. The molecule has 0 saturated carbocycles. The second-order valence-corrected chi connectivity index (χ2v) is 7.95. The summed E-state index contributed by atoms with van der Waals surface area (Å²) < 4.78 is 104. The number of nitrogens with zero attached hydrogens (tertiary/aromatic N) is 1. The van der Waals surface area contributed by atoms with E-state index in [9.17, 15) is 41.3 Å². The normalized spacial score (nSPS) is 27.4. The van der Waals surface area contributed by atoms with Crippen LogP contribution in [0.25, 0.3) is 6.08 Å². The molecule has 0 radical (unpaired) electrons. The Morgan fingerprint density at radius 2 is 1.75 bits per heavy atom. The standard InChI is InChI=1S/C20H17F6NO9/c1-2-8-3-10(35-20(24,25)26)4-9-5-11(17(19(21,22)23)34-14(8)9)18(28)33-12-6-31-16-13(36-27(29)30)7-32-15(12)16/h3-5,12-13,15-17H,2,6-7H2,1H3/t12-,13+,15+,16+,17-/m0/s1. The molecule has 1 aromatic carbocycles. The van der Waals surface area contributed by atoms with Crippen LogP contribution in [0.1, 0.15) is 18.1 Å². The molecule has 0 aliphatic carbocycles. The van der Waals surface area contributed by atoms with Gasteiger partial charge in [-0.05, 0) is 30.2 Å². The number of hydrogen-bond acceptors (Lipinski definition) is 9. The summed E-state index contributed by atoms with van der Waals surface area (Å²) >= 11 is 0. The van der Waals surface area contributed by atoms with E-state index in [4.69, 9.17) is 18.9 Å². The van der Waals surface area contributed by atoms with E-state index in [2.05, 4.69) is 9.57 Å². The van der Waals surface area contributed by atoms with Crippen LogP contribution in [0.15, 0.2) is 17.7 Å². The first kappa shape index (κ1) is 25.8. The number of carbonyl (C=O) groups excluding carboxylic acids is 1. The summed E-state index contributed by atoms with van der Waals surface area (Å²) in [6, 6.07) is 1.68. The molecule has 0 spiro atoms. The van der Waals surface area contributed by atoms with Crippen molar-refractivity contribution in [1.82, 2.24) is 0 Å². The molecule has 4 rings (SSSR count). The van der Waals surface area contributed by atoms with Gasteiger partial charge in [-0.15, -0.1) is 23.3 Å². The van der Waals surface area contributed by atoms with E-state index in [0.29, 0.717) is 0 Å².